The third kappa shape index (κ3) is 3.84. The van der Waals surface area contributed by atoms with Crippen molar-refractivity contribution in [2.45, 2.75) is 51.5 Å². The minimum Gasteiger partial charge on any atom is -0.313 e. The van der Waals surface area contributed by atoms with Crippen molar-refractivity contribution in [2.75, 3.05) is 11.9 Å². The Balaban J connectivity index is 1.77. The first-order valence-corrected chi connectivity index (χ1v) is 6.54. The molecule has 100 valence electrons. The number of rotatable bonds is 5. The van der Waals surface area contributed by atoms with Crippen LogP contribution in [0.2, 0.25) is 0 Å². The molecule has 5 heteroatoms. The van der Waals surface area contributed by atoms with E-state index in [0.29, 0.717) is 18.3 Å². The predicted octanol–water partition coefficient (Wildman–Crippen LogP) is 1.79. The number of amides is 1. The summed E-state index contributed by atoms with van der Waals surface area (Å²) in [6.07, 6.45) is 2.99. The zero-order valence-electron chi connectivity index (χ0n) is 11.3. The minimum absolute atomic E-state index is 0.00936. The average molecular weight is 250 g/mol. The number of hydrogen-bond donors (Lipinski definition) is 3. The first-order valence-electron chi connectivity index (χ1n) is 6.54. The second-order valence-electron chi connectivity index (χ2n) is 5.94. The predicted molar refractivity (Wildman–Crippen MR) is 71.6 cm³/mol. The van der Waals surface area contributed by atoms with E-state index in [1.165, 1.54) is 12.8 Å². The van der Waals surface area contributed by atoms with Gasteiger partial charge in [0.1, 0.15) is 0 Å². The van der Waals surface area contributed by atoms with Crippen molar-refractivity contribution in [3.05, 3.63) is 11.8 Å². The zero-order valence-corrected chi connectivity index (χ0v) is 11.3. The van der Waals surface area contributed by atoms with Crippen LogP contribution in [-0.2, 0) is 10.2 Å². The van der Waals surface area contributed by atoms with Gasteiger partial charge in [0.15, 0.2) is 5.82 Å². The van der Waals surface area contributed by atoms with Crippen molar-refractivity contribution >= 4 is 11.7 Å². The van der Waals surface area contributed by atoms with E-state index in [2.05, 4.69) is 41.6 Å². The maximum atomic E-state index is 11.7. The van der Waals surface area contributed by atoms with Crippen LogP contribution in [0.5, 0.6) is 0 Å². The van der Waals surface area contributed by atoms with Crippen LogP contribution in [-0.4, -0.2) is 28.7 Å². The topological polar surface area (TPSA) is 69.8 Å². The number of H-pyrrole nitrogens is 1. The number of anilines is 1. The maximum absolute atomic E-state index is 11.7. The smallest absolute Gasteiger partial charge is 0.226 e. The number of aromatic amines is 1. The van der Waals surface area contributed by atoms with Crippen molar-refractivity contribution in [3.8, 4) is 0 Å². The van der Waals surface area contributed by atoms with E-state index in [0.717, 1.165) is 12.2 Å². The molecule has 0 aromatic carbocycles. The zero-order chi connectivity index (χ0) is 13.2. The molecule has 0 radical (unpaired) electrons. The Hall–Kier alpha value is -1.36. The Morgan fingerprint density at radius 1 is 1.50 bits per heavy atom. The number of nitrogens with one attached hydrogen (secondary N) is 3. The summed E-state index contributed by atoms with van der Waals surface area (Å²) in [6, 6.07) is 2.54. The molecule has 0 saturated heterocycles. The van der Waals surface area contributed by atoms with E-state index in [4.69, 9.17) is 0 Å². The summed E-state index contributed by atoms with van der Waals surface area (Å²) >= 11 is 0. The third-order valence-electron chi connectivity index (χ3n) is 3.02. The lowest BCUT2D eigenvalue weighted by atomic mass is 9.92. The molecule has 1 saturated carbocycles. The molecule has 0 aliphatic heterocycles. The van der Waals surface area contributed by atoms with Crippen LogP contribution in [0.25, 0.3) is 0 Å². The number of carbonyl (C=O) groups excluding carboxylic acids is 1. The second kappa shape index (κ2) is 5.10. The summed E-state index contributed by atoms with van der Waals surface area (Å²) < 4.78 is 0. The maximum Gasteiger partial charge on any atom is 0.226 e. The van der Waals surface area contributed by atoms with Gasteiger partial charge in [-0.3, -0.25) is 9.89 Å². The van der Waals surface area contributed by atoms with Crippen LogP contribution < -0.4 is 10.6 Å². The van der Waals surface area contributed by atoms with E-state index in [1.54, 1.807) is 0 Å². The minimum atomic E-state index is 0.00936. The van der Waals surface area contributed by atoms with Gasteiger partial charge in [0, 0.05) is 36.2 Å². The van der Waals surface area contributed by atoms with Crippen LogP contribution in [0.1, 0.15) is 45.7 Å². The van der Waals surface area contributed by atoms with Crippen molar-refractivity contribution in [1.29, 1.82) is 0 Å². The Morgan fingerprint density at radius 2 is 2.22 bits per heavy atom. The lowest BCUT2D eigenvalue weighted by Crippen LogP contribution is -2.23. The molecule has 0 bridgehead atoms. The van der Waals surface area contributed by atoms with Crippen molar-refractivity contribution in [1.82, 2.24) is 15.5 Å². The Bertz CT molecular complexity index is 415. The summed E-state index contributed by atoms with van der Waals surface area (Å²) in [5.74, 6) is 0.617. The van der Waals surface area contributed by atoms with E-state index in [1.807, 2.05) is 6.07 Å². The molecule has 2 rings (SSSR count). The van der Waals surface area contributed by atoms with Crippen LogP contribution in [0.15, 0.2) is 6.07 Å². The first kappa shape index (κ1) is 13.1. The third-order valence-corrected chi connectivity index (χ3v) is 3.02. The number of hydrogen-bond acceptors (Lipinski definition) is 3. The monoisotopic (exact) mass is 250 g/mol. The van der Waals surface area contributed by atoms with Gasteiger partial charge in [0.2, 0.25) is 5.91 Å². The average Bonchev–Trinajstić information content (AvgIpc) is 2.94. The van der Waals surface area contributed by atoms with Gasteiger partial charge in [0.05, 0.1) is 0 Å². The fourth-order valence-corrected chi connectivity index (χ4v) is 1.65. The van der Waals surface area contributed by atoms with Crippen LogP contribution in [0.4, 0.5) is 5.82 Å². The molecular weight excluding hydrogens is 228 g/mol. The summed E-state index contributed by atoms with van der Waals surface area (Å²) in [6.45, 7) is 7.05. The van der Waals surface area contributed by atoms with Crippen LogP contribution in [0, 0.1) is 0 Å². The molecule has 0 atom stereocenters. The SMILES string of the molecule is CC(C)(C)c1cc(NC(=O)CCNC2CC2)n[nH]1. The highest BCUT2D eigenvalue weighted by atomic mass is 16.1. The highest BCUT2D eigenvalue weighted by molar-refractivity contribution is 5.89. The molecular formula is C13H22N4O. The van der Waals surface area contributed by atoms with Gasteiger partial charge in [-0.1, -0.05) is 20.8 Å². The molecule has 1 fully saturated rings. The van der Waals surface area contributed by atoms with Crippen LogP contribution >= 0.6 is 0 Å². The standard InChI is InChI=1S/C13H22N4O/c1-13(2,3)10-8-11(17-16-10)15-12(18)6-7-14-9-4-5-9/h8-9,14H,4-7H2,1-3H3,(H2,15,16,17,18). The van der Waals surface area contributed by atoms with E-state index >= 15 is 0 Å². The quantitative estimate of drug-likeness (QED) is 0.746. The second-order valence-corrected chi connectivity index (χ2v) is 5.94. The van der Waals surface area contributed by atoms with Crippen molar-refractivity contribution in [3.63, 3.8) is 0 Å². The molecule has 1 aliphatic rings. The molecule has 1 aromatic rings. The molecule has 18 heavy (non-hydrogen) atoms. The molecule has 1 heterocycles. The van der Waals surface area contributed by atoms with Gasteiger partial charge in [-0.2, -0.15) is 5.10 Å². The normalized spacial score (nSPS) is 15.7. The fourth-order valence-electron chi connectivity index (χ4n) is 1.65. The van der Waals surface area contributed by atoms with Gasteiger partial charge in [-0.05, 0) is 12.8 Å². The van der Waals surface area contributed by atoms with Crippen molar-refractivity contribution < 1.29 is 4.79 Å². The van der Waals surface area contributed by atoms with Gasteiger partial charge in [-0.15, -0.1) is 0 Å². The van der Waals surface area contributed by atoms with Crippen molar-refractivity contribution in [2.24, 2.45) is 0 Å². The summed E-state index contributed by atoms with van der Waals surface area (Å²) in [5.41, 5.74) is 1.04. The first-order chi connectivity index (χ1) is 8.45. The van der Waals surface area contributed by atoms with Gasteiger partial charge in [0.25, 0.3) is 0 Å². The largest absolute Gasteiger partial charge is 0.313 e. The van der Waals surface area contributed by atoms with E-state index < -0.39 is 0 Å². The van der Waals surface area contributed by atoms with E-state index in [9.17, 15) is 4.79 Å². The molecule has 1 aliphatic carbocycles. The fraction of sp³-hybridized carbons (Fsp3) is 0.692. The molecule has 1 amide bonds. The number of carbonyl (C=O) groups is 1. The highest BCUT2D eigenvalue weighted by Crippen LogP contribution is 2.22. The lowest BCUT2D eigenvalue weighted by molar-refractivity contribution is -0.116. The molecule has 0 spiro atoms. The van der Waals surface area contributed by atoms with Gasteiger partial charge in [-0.25, -0.2) is 0 Å². The summed E-state index contributed by atoms with van der Waals surface area (Å²) in [5, 5.41) is 13.2. The summed E-state index contributed by atoms with van der Waals surface area (Å²) in [4.78, 5) is 11.7. The number of aromatic nitrogens is 2. The van der Waals surface area contributed by atoms with E-state index in [-0.39, 0.29) is 11.3 Å². The highest BCUT2D eigenvalue weighted by Gasteiger charge is 2.20. The van der Waals surface area contributed by atoms with Gasteiger partial charge >= 0.3 is 0 Å². The number of nitrogens with zero attached hydrogens (tertiary/aromatic N) is 1. The van der Waals surface area contributed by atoms with Crippen LogP contribution in [0.3, 0.4) is 0 Å². The lowest BCUT2D eigenvalue weighted by Gasteiger charge is -2.14. The Morgan fingerprint density at radius 3 is 2.78 bits per heavy atom. The molecule has 1 aromatic heterocycles. The molecule has 3 N–H and O–H groups in total. The molecule has 0 unspecified atom stereocenters. The molecule has 5 nitrogen and oxygen atoms in total. The van der Waals surface area contributed by atoms with Gasteiger partial charge < -0.3 is 10.6 Å². The Labute approximate surface area is 108 Å². The Kier molecular flexibility index (Phi) is 3.71. The summed E-state index contributed by atoms with van der Waals surface area (Å²) in [7, 11) is 0.